The van der Waals surface area contributed by atoms with Crippen LogP contribution in [0.3, 0.4) is 0 Å². The molecule has 0 unspecified atom stereocenters. The number of ketones is 1. The van der Waals surface area contributed by atoms with Crippen LogP contribution in [0.5, 0.6) is 0 Å². The largest absolute Gasteiger partial charge is 0.467 e. The Labute approximate surface area is 208 Å². The highest BCUT2D eigenvalue weighted by atomic mass is 32.2. The van der Waals surface area contributed by atoms with E-state index in [-0.39, 0.29) is 17.4 Å². The summed E-state index contributed by atoms with van der Waals surface area (Å²) in [6.45, 7) is 6.31. The lowest BCUT2D eigenvalue weighted by Gasteiger charge is -2.31. The number of piperidine rings is 1. The second kappa shape index (κ2) is 11.5. The van der Waals surface area contributed by atoms with Gasteiger partial charge in [0.2, 0.25) is 11.9 Å². The van der Waals surface area contributed by atoms with Crippen LogP contribution in [0.15, 0.2) is 46.2 Å². The number of carbonyl (C=O) groups is 2. The molecule has 4 rings (SSSR count). The molecule has 0 bridgehead atoms. The van der Waals surface area contributed by atoms with E-state index in [9.17, 15) is 14.0 Å². The highest BCUT2D eigenvalue weighted by Crippen LogP contribution is 2.27. The first-order valence-electron chi connectivity index (χ1n) is 11.8. The fourth-order valence-corrected chi connectivity index (χ4v) is 4.86. The third kappa shape index (κ3) is 6.50. The molecule has 0 atom stereocenters. The summed E-state index contributed by atoms with van der Waals surface area (Å²) in [6, 6.07) is 8.23. The Morgan fingerprint density at radius 3 is 2.71 bits per heavy atom. The summed E-state index contributed by atoms with van der Waals surface area (Å²) < 4.78 is 22.0. The maximum atomic E-state index is 14.5. The van der Waals surface area contributed by atoms with Crippen molar-refractivity contribution in [3.63, 3.8) is 0 Å². The first-order chi connectivity index (χ1) is 16.9. The van der Waals surface area contributed by atoms with Gasteiger partial charge >= 0.3 is 0 Å². The van der Waals surface area contributed by atoms with Crippen LogP contribution >= 0.6 is 11.8 Å². The van der Waals surface area contributed by atoms with E-state index in [2.05, 4.69) is 27.3 Å². The average Bonchev–Trinajstić information content (AvgIpc) is 3.49. The van der Waals surface area contributed by atoms with Gasteiger partial charge in [0.05, 0.1) is 18.6 Å². The second-order valence-electron chi connectivity index (χ2n) is 8.87. The quantitative estimate of drug-likeness (QED) is 0.334. The maximum absolute atomic E-state index is 14.5. The standard InChI is InChI=1S/C25H30FN5O3S/c1-17-8-11-30(12-9-17)24-28-29-25(31(24)15-21-4-3-13-34-21)35-16-23(33)20-6-5-19(22(26)14-20)7-10-27-18(2)32/h3-6,13-14,17H,7-12,15-16H2,1-2H3,(H,27,32). The van der Waals surface area contributed by atoms with Crippen LogP contribution in [0.4, 0.5) is 10.3 Å². The molecule has 35 heavy (non-hydrogen) atoms. The van der Waals surface area contributed by atoms with E-state index in [1.165, 1.54) is 24.8 Å². The highest BCUT2D eigenvalue weighted by molar-refractivity contribution is 7.99. The van der Waals surface area contributed by atoms with Gasteiger partial charge < -0.3 is 14.6 Å². The number of amides is 1. The zero-order chi connectivity index (χ0) is 24.8. The molecule has 1 fully saturated rings. The SMILES string of the molecule is CC(=O)NCCc1ccc(C(=O)CSc2nnc(N3CCC(C)CC3)n2Cc2ccco2)cc1F. The van der Waals surface area contributed by atoms with Gasteiger partial charge in [0.25, 0.3) is 0 Å². The maximum Gasteiger partial charge on any atom is 0.228 e. The smallest absolute Gasteiger partial charge is 0.228 e. The van der Waals surface area contributed by atoms with Crippen molar-refractivity contribution in [2.24, 2.45) is 5.92 Å². The number of rotatable bonds is 10. The molecule has 1 aliphatic heterocycles. The minimum atomic E-state index is -0.450. The molecule has 1 saturated heterocycles. The second-order valence-corrected chi connectivity index (χ2v) is 9.81. The van der Waals surface area contributed by atoms with Gasteiger partial charge in [-0.05, 0) is 48.9 Å². The van der Waals surface area contributed by atoms with Gasteiger partial charge in [-0.2, -0.15) is 0 Å². The first kappa shape index (κ1) is 25.0. The molecule has 0 radical (unpaired) electrons. The van der Waals surface area contributed by atoms with E-state index >= 15 is 0 Å². The van der Waals surface area contributed by atoms with Gasteiger partial charge in [0.1, 0.15) is 11.6 Å². The van der Waals surface area contributed by atoms with Crippen molar-refractivity contribution in [1.29, 1.82) is 0 Å². The summed E-state index contributed by atoms with van der Waals surface area (Å²) in [4.78, 5) is 26.1. The number of Topliss-reactive ketones (excluding diaryl/α,β-unsaturated/α-hetero) is 1. The number of furan rings is 1. The molecular weight excluding hydrogens is 469 g/mol. The van der Waals surface area contributed by atoms with E-state index in [0.29, 0.717) is 41.7 Å². The van der Waals surface area contributed by atoms with Gasteiger partial charge in [0.15, 0.2) is 10.9 Å². The molecule has 186 valence electrons. The van der Waals surface area contributed by atoms with E-state index in [1.807, 2.05) is 16.7 Å². The molecule has 3 aromatic rings. The number of aromatic nitrogens is 3. The molecule has 1 aliphatic rings. The number of hydrogen-bond donors (Lipinski definition) is 1. The van der Waals surface area contributed by atoms with Gasteiger partial charge in [-0.25, -0.2) is 4.39 Å². The predicted octanol–water partition coefficient (Wildman–Crippen LogP) is 3.95. The van der Waals surface area contributed by atoms with Crippen molar-refractivity contribution in [3.8, 4) is 0 Å². The topological polar surface area (TPSA) is 93.3 Å². The average molecular weight is 500 g/mol. The Kier molecular flexibility index (Phi) is 8.22. The fourth-order valence-electron chi connectivity index (χ4n) is 4.04. The van der Waals surface area contributed by atoms with Gasteiger partial charge in [-0.3, -0.25) is 14.2 Å². The van der Waals surface area contributed by atoms with Crippen LogP contribution in [0, 0.1) is 11.7 Å². The fraction of sp³-hybridized carbons (Fsp3) is 0.440. The van der Waals surface area contributed by atoms with Crippen molar-refractivity contribution < 1.29 is 18.4 Å². The molecule has 0 aliphatic carbocycles. The van der Waals surface area contributed by atoms with E-state index in [4.69, 9.17) is 4.42 Å². The first-order valence-corrected chi connectivity index (χ1v) is 12.8. The Morgan fingerprint density at radius 2 is 2.03 bits per heavy atom. The third-order valence-corrected chi connectivity index (χ3v) is 7.10. The minimum absolute atomic E-state index is 0.109. The number of nitrogens with one attached hydrogen (secondary N) is 1. The van der Waals surface area contributed by atoms with Crippen molar-refractivity contribution in [1.82, 2.24) is 20.1 Å². The molecular formula is C25H30FN5O3S. The van der Waals surface area contributed by atoms with Gasteiger partial charge in [-0.1, -0.05) is 30.8 Å². The monoisotopic (exact) mass is 499 g/mol. The van der Waals surface area contributed by atoms with Gasteiger partial charge in [0, 0.05) is 32.1 Å². The lowest BCUT2D eigenvalue weighted by atomic mass is 10.00. The van der Waals surface area contributed by atoms with Gasteiger partial charge in [-0.15, -0.1) is 10.2 Å². The third-order valence-electron chi connectivity index (χ3n) is 6.13. The van der Waals surface area contributed by atoms with Crippen molar-refractivity contribution >= 4 is 29.4 Å². The van der Waals surface area contributed by atoms with Crippen molar-refractivity contribution in [2.45, 2.75) is 44.8 Å². The zero-order valence-corrected chi connectivity index (χ0v) is 20.8. The number of nitrogens with zero attached hydrogens (tertiary/aromatic N) is 4. The predicted molar refractivity (Wildman–Crippen MR) is 132 cm³/mol. The Balaban J connectivity index is 1.44. The minimum Gasteiger partial charge on any atom is -0.467 e. The van der Waals surface area contributed by atoms with E-state index < -0.39 is 5.82 Å². The Morgan fingerprint density at radius 1 is 1.23 bits per heavy atom. The van der Waals surface area contributed by atoms with Crippen LogP contribution in [-0.4, -0.2) is 51.8 Å². The summed E-state index contributed by atoms with van der Waals surface area (Å²) in [5, 5.41) is 12.1. The van der Waals surface area contributed by atoms with Crippen LogP contribution < -0.4 is 10.2 Å². The number of anilines is 1. The molecule has 1 aromatic carbocycles. The van der Waals surface area contributed by atoms with Crippen molar-refractivity contribution in [2.75, 3.05) is 30.3 Å². The number of halogens is 1. The molecule has 1 amide bonds. The van der Waals surface area contributed by atoms with E-state index in [1.54, 1.807) is 18.4 Å². The summed E-state index contributed by atoms with van der Waals surface area (Å²) in [7, 11) is 0. The normalized spacial score (nSPS) is 14.3. The molecule has 0 saturated carbocycles. The lowest BCUT2D eigenvalue weighted by Crippen LogP contribution is -2.35. The highest BCUT2D eigenvalue weighted by Gasteiger charge is 2.24. The van der Waals surface area contributed by atoms with Crippen LogP contribution in [0.25, 0.3) is 0 Å². The Bertz CT molecular complexity index is 1160. The van der Waals surface area contributed by atoms with Crippen LogP contribution in [-0.2, 0) is 17.8 Å². The number of carbonyl (C=O) groups excluding carboxylic acids is 2. The van der Waals surface area contributed by atoms with Crippen LogP contribution in [0.1, 0.15) is 48.4 Å². The number of hydrogen-bond acceptors (Lipinski definition) is 7. The van der Waals surface area contributed by atoms with Crippen molar-refractivity contribution in [3.05, 3.63) is 59.3 Å². The summed E-state index contributed by atoms with van der Waals surface area (Å²) in [5.41, 5.74) is 0.766. The number of thioether (sulfide) groups is 1. The lowest BCUT2D eigenvalue weighted by molar-refractivity contribution is -0.118. The summed E-state index contributed by atoms with van der Waals surface area (Å²) in [5.74, 6) is 1.55. The Hall–Kier alpha value is -3.14. The van der Waals surface area contributed by atoms with Crippen LogP contribution in [0.2, 0.25) is 0 Å². The molecule has 10 heteroatoms. The molecule has 2 aromatic heterocycles. The summed E-state index contributed by atoms with van der Waals surface area (Å²) in [6.07, 6.45) is 4.19. The molecule has 3 heterocycles. The molecule has 8 nitrogen and oxygen atoms in total. The number of benzene rings is 1. The molecule has 0 spiro atoms. The zero-order valence-electron chi connectivity index (χ0n) is 20.0. The van der Waals surface area contributed by atoms with E-state index in [0.717, 1.165) is 37.6 Å². The molecule has 1 N–H and O–H groups in total. The summed E-state index contributed by atoms with van der Waals surface area (Å²) >= 11 is 1.29.